The zero-order chi connectivity index (χ0) is 14.2. The van der Waals surface area contributed by atoms with E-state index < -0.39 is 0 Å². The van der Waals surface area contributed by atoms with Gasteiger partial charge < -0.3 is 0 Å². The molecule has 0 N–H and O–H groups in total. The van der Waals surface area contributed by atoms with Crippen molar-refractivity contribution >= 4 is 15.9 Å². The lowest BCUT2D eigenvalue weighted by Gasteiger charge is -2.12. The van der Waals surface area contributed by atoms with Crippen molar-refractivity contribution in [3.63, 3.8) is 0 Å². The molecule has 0 bridgehead atoms. The Morgan fingerprint density at radius 2 is 1.00 bits per heavy atom. The van der Waals surface area contributed by atoms with Crippen molar-refractivity contribution in [2.24, 2.45) is 5.92 Å². The Kier molecular flexibility index (Phi) is 17.0. The number of alkyl halides is 1. The Labute approximate surface area is 131 Å². The molecule has 0 fully saturated rings. The van der Waals surface area contributed by atoms with Crippen LogP contribution in [-0.4, -0.2) is 5.33 Å². The van der Waals surface area contributed by atoms with Crippen LogP contribution in [-0.2, 0) is 0 Å². The molecule has 0 saturated heterocycles. The van der Waals surface area contributed by atoms with E-state index in [4.69, 9.17) is 0 Å². The largest absolute Gasteiger partial charge is 0.0925 e. The summed E-state index contributed by atoms with van der Waals surface area (Å²) >= 11 is 3.67. The van der Waals surface area contributed by atoms with Gasteiger partial charge >= 0.3 is 0 Å². The van der Waals surface area contributed by atoms with Crippen molar-refractivity contribution < 1.29 is 0 Å². The summed E-state index contributed by atoms with van der Waals surface area (Å²) in [6, 6.07) is 0. The summed E-state index contributed by atoms with van der Waals surface area (Å²) in [6.07, 6.45) is 20.2. The van der Waals surface area contributed by atoms with E-state index in [0.717, 1.165) is 5.92 Å². The second-order valence-corrected chi connectivity index (χ2v) is 6.78. The molecule has 0 spiro atoms. The molecule has 0 amide bonds. The summed E-state index contributed by atoms with van der Waals surface area (Å²) in [7, 11) is 0. The minimum atomic E-state index is 0.939. The van der Waals surface area contributed by atoms with E-state index in [9.17, 15) is 0 Å². The van der Waals surface area contributed by atoms with Crippen LogP contribution in [0.3, 0.4) is 0 Å². The molecule has 0 nitrogen and oxygen atoms in total. The van der Waals surface area contributed by atoms with Crippen LogP contribution in [0.25, 0.3) is 0 Å². The fraction of sp³-hybridized carbons (Fsp3) is 1.00. The number of hydrogen-bond acceptors (Lipinski definition) is 0. The summed E-state index contributed by atoms with van der Waals surface area (Å²) in [4.78, 5) is 0. The Morgan fingerprint density at radius 3 is 1.47 bits per heavy atom. The molecule has 0 aromatic heterocycles. The van der Waals surface area contributed by atoms with Gasteiger partial charge in [0.1, 0.15) is 0 Å². The zero-order valence-corrected chi connectivity index (χ0v) is 15.1. The molecule has 0 aromatic carbocycles. The topological polar surface area (TPSA) is 0 Å². The third-order valence-electron chi connectivity index (χ3n) is 4.15. The highest BCUT2D eigenvalue weighted by Gasteiger charge is 2.05. The Morgan fingerprint density at radius 1 is 0.579 bits per heavy atom. The quantitative estimate of drug-likeness (QED) is 0.215. The van der Waals surface area contributed by atoms with E-state index in [0.29, 0.717) is 0 Å². The van der Waals surface area contributed by atoms with Crippen molar-refractivity contribution in [1.82, 2.24) is 0 Å². The molecule has 0 aromatic rings. The second kappa shape index (κ2) is 16.5. The Balaban J connectivity index is 3.16. The molecule has 1 heteroatoms. The lowest BCUT2D eigenvalue weighted by Crippen LogP contribution is -2.01. The summed E-state index contributed by atoms with van der Waals surface area (Å²) in [6.45, 7) is 4.59. The predicted molar refractivity (Wildman–Crippen MR) is 93.3 cm³/mol. The van der Waals surface area contributed by atoms with Crippen molar-refractivity contribution in [3.05, 3.63) is 0 Å². The molecule has 0 aliphatic rings. The van der Waals surface area contributed by atoms with Crippen LogP contribution in [0.4, 0.5) is 0 Å². The van der Waals surface area contributed by atoms with Crippen LogP contribution in [0.5, 0.6) is 0 Å². The average molecular weight is 333 g/mol. The molecule has 0 aliphatic heterocycles. The maximum absolute atomic E-state index is 3.67. The van der Waals surface area contributed by atoms with Gasteiger partial charge in [-0.15, -0.1) is 0 Å². The van der Waals surface area contributed by atoms with E-state index in [-0.39, 0.29) is 0 Å². The Hall–Kier alpha value is 0.480. The molecule has 0 heterocycles. The first-order valence-corrected chi connectivity index (χ1v) is 10.0. The maximum atomic E-state index is 3.67. The molecule has 0 radical (unpaired) electrons. The monoisotopic (exact) mass is 332 g/mol. The zero-order valence-electron chi connectivity index (χ0n) is 13.6. The number of rotatable bonds is 15. The van der Waals surface area contributed by atoms with Gasteiger partial charge in [0, 0.05) is 5.33 Å². The van der Waals surface area contributed by atoms with Crippen LogP contribution in [0.1, 0.15) is 104 Å². The number of hydrogen-bond donors (Lipinski definition) is 0. The minimum Gasteiger partial charge on any atom is -0.0925 e. The molecular formula is C18H37Br. The molecule has 1 atom stereocenters. The van der Waals surface area contributed by atoms with Crippen molar-refractivity contribution in [1.29, 1.82) is 0 Å². The number of halogens is 1. The van der Waals surface area contributed by atoms with Crippen molar-refractivity contribution in [3.8, 4) is 0 Å². The molecule has 0 aliphatic carbocycles. The molecule has 0 saturated carbocycles. The molecule has 19 heavy (non-hydrogen) atoms. The predicted octanol–water partition coefficient (Wildman–Crippen LogP) is 7.50. The normalized spacial score (nSPS) is 12.8. The lowest BCUT2D eigenvalue weighted by molar-refractivity contribution is 0.448. The summed E-state index contributed by atoms with van der Waals surface area (Å²) < 4.78 is 0. The summed E-state index contributed by atoms with van der Waals surface area (Å²) in [5.41, 5.74) is 0. The smallest absolute Gasteiger partial charge is 0.00596 e. The third kappa shape index (κ3) is 14.7. The van der Waals surface area contributed by atoms with Crippen LogP contribution in [0.15, 0.2) is 0 Å². The van der Waals surface area contributed by atoms with E-state index in [1.54, 1.807) is 0 Å². The molecular weight excluding hydrogens is 296 g/mol. The first-order chi connectivity index (χ1) is 9.35. The first-order valence-electron chi connectivity index (χ1n) is 8.91. The Bertz CT molecular complexity index is 156. The van der Waals surface area contributed by atoms with Gasteiger partial charge in [0.05, 0.1) is 0 Å². The highest BCUT2D eigenvalue weighted by molar-refractivity contribution is 9.09. The van der Waals surface area contributed by atoms with Gasteiger partial charge in [0.15, 0.2) is 0 Å². The van der Waals surface area contributed by atoms with Gasteiger partial charge in [0.2, 0.25) is 0 Å². The number of unbranched alkanes of at least 4 members (excludes halogenated alkanes) is 10. The molecule has 0 rings (SSSR count). The lowest BCUT2D eigenvalue weighted by atomic mass is 9.97. The fourth-order valence-electron chi connectivity index (χ4n) is 2.71. The standard InChI is InChI=1S/C18H37Br/c1-3-5-7-8-9-10-11-12-13-14-16-18(17-19)15-6-4-2/h18H,3-17H2,1-2H3. The van der Waals surface area contributed by atoms with Gasteiger partial charge in [-0.3, -0.25) is 0 Å². The van der Waals surface area contributed by atoms with E-state index in [2.05, 4.69) is 29.8 Å². The second-order valence-electron chi connectivity index (χ2n) is 6.13. The van der Waals surface area contributed by atoms with Crippen LogP contribution in [0.2, 0.25) is 0 Å². The van der Waals surface area contributed by atoms with Crippen molar-refractivity contribution in [2.75, 3.05) is 5.33 Å². The maximum Gasteiger partial charge on any atom is 0.00596 e. The van der Waals surface area contributed by atoms with E-state index in [1.807, 2.05) is 0 Å². The molecule has 116 valence electrons. The fourth-order valence-corrected chi connectivity index (χ4v) is 3.36. The average Bonchev–Trinajstić information content (AvgIpc) is 2.44. The van der Waals surface area contributed by atoms with E-state index >= 15 is 0 Å². The highest BCUT2D eigenvalue weighted by Crippen LogP contribution is 2.19. The highest BCUT2D eigenvalue weighted by atomic mass is 79.9. The summed E-state index contributed by atoms with van der Waals surface area (Å²) in [5.74, 6) is 0.939. The van der Waals surface area contributed by atoms with Crippen LogP contribution in [0, 0.1) is 5.92 Å². The minimum absolute atomic E-state index is 0.939. The van der Waals surface area contributed by atoms with Gasteiger partial charge in [-0.1, -0.05) is 107 Å². The summed E-state index contributed by atoms with van der Waals surface area (Å²) in [5, 5.41) is 1.21. The van der Waals surface area contributed by atoms with Gasteiger partial charge in [0.25, 0.3) is 0 Å². The van der Waals surface area contributed by atoms with Gasteiger partial charge in [-0.2, -0.15) is 0 Å². The SMILES string of the molecule is CCCCCCCCCCCCC(CBr)CCCC. The first kappa shape index (κ1) is 19.5. The molecule has 1 unspecified atom stereocenters. The van der Waals surface area contributed by atoms with Gasteiger partial charge in [-0.05, 0) is 18.8 Å². The van der Waals surface area contributed by atoms with E-state index in [1.165, 1.54) is 95.2 Å². The van der Waals surface area contributed by atoms with Crippen molar-refractivity contribution in [2.45, 2.75) is 104 Å². The van der Waals surface area contributed by atoms with Crippen LogP contribution >= 0.6 is 15.9 Å². The van der Waals surface area contributed by atoms with Crippen LogP contribution < -0.4 is 0 Å². The van der Waals surface area contributed by atoms with Gasteiger partial charge in [-0.25, -0.2) is 0 Å². The third-order valence-corrected chi connectivity index (χ3v) is 5.07.